The molecular formula is C12H14ClF3N2O2. The lowest BCUT2D eigenvalue weighted by molar-refractivity contribution is -0.223. The first-order chi connectivity index (χ1) is 9.11. The van der Waals surface area contributed by atoms with Gasteiger partial charge in [-0.15, -0.1) is 0 Å². The third kappa shape index (κ3) is 4.57. The van der Waals surface area contributed by atoms with Gasteiger partial charge in [-0.3, -0.25) is 4.79 Å². The van der Waals surface area contributed by atoms with Crippen molar-refractivity contribution in [3.05, 3.63) is 23.2 Å². The van der Waals surface area contributed by atoms with Crippen molar-refractivity contribution < 1.29 is 22.7 Å². The highest BCUT2D eigenvalue weighted by Crippen LogP contribution is 2.25. The fraction of sp³-hybridized carbons (Fsp3) is 0.417. The zero-order valence-corrected chi connectivity index (χ0v) is 11.5. The van der Waals surface area contributed by atoms with Crippen LogP contribution >= 0.6 is 11.6 Å². The van der Waals surface area contributed by atoms with E-state index in [9.17, 15) is 18.0 Å². The molecule has 20 heavy (non-hydrogen) atoms. The van der Waals surface area contributed by atoms with E-state index in [0.29, 0.717) is 5.02 Å². The summed E-state index contributed by atoms with van der Waals surface area (Å²) in [4.78, 5) is 11.7. The molecule has 0 aromatic heterocycles. The van der Waals surface area contributed by atoms with Gasteiger partial charge in [-0.2, -0.15) is 13.2 Å². The Labute approximate surface area is 119 Å². The van der Waals surface area contributed by atoms with Crippen LogP contribution in [0, 0.1) is 0 Å². The van der Waals surface area contributed by atoms with Gasteiger partial charge >= 0.3 is 6.18 Å². The van der Waals surface area contributed by atoms with Gasteiger partial charge in [0.25, 0.3) is 5.91 Å². The first kappa shape index (κ1) is 16.6. The molecule has 2 atom stereocenters. The molecule has 1 aromatic rings. The summed E-state index contributed by atoms with van der Waals surface area (Å²) >= 11 is 5.69. The highest BCUT2D eigenvalue weighted by Gasteiger charge is 2.38. The number of hydrogen-bond acceptors (Lipinski definition) is 3. The average molecular weight is 311 g/mol. The number of rotatable bonds is 4. The van der Waals surface area contributed by atoms with Crippen molar-refractivity contribution in [2.75, 3.05) is 11.1 Å². The molecule has 8 heteroatoms. The number of nitrogens with two attached hydrogens (primary N) is 1. The van der Waals surface area contributed by atoms with E-state index in [1.165, 1.54) is 25.1 Å². The van der Waals surface area contributed by atoms with E-state index >= 15 is 0 Å². The molecule has 1 rings (SSSR count). The van der Waals surface area contributed by atoms with Crippen molar-refractivity contribution in [3.63, 3.8) is 0 Å². The maximum atomic E-state index is 12.3. The second-order valence-electron chi connectivity index (χ2n) is 4.18. The smallest absolute Gasteiger partial charge is 0.397 e. The summed E-state index contributed by atoms with van der Waals surface area (Å²) in [5, 5.41) is 2.76. The number of halogens is 4. The zero-order chi connectivity index (χ0) is 15.5. The van der Waals surface area contributed by atoms with Gasteiger partial charge in [-0.25, -0.2) is 0 Å². The lowest BCUT2D eigenvalue weighted by Gasteiger charge is -2.21. The molecule has 2 unspecified atom stereocenters. The predicted molar refractivity (Wildman–Crippen MR) is 70.6 cm³/mol. The van der Waals surface area contributed by atoms with Crippen molar-refractivity contribution in [1.82, 2.24) is 0 Å². The second-order valence-corrected chi connectivity index (χ2v) is 4.62. The molecule has 0 spiro atoms. The first-order valence-corrected chi connectivity index (χ1v) is 6.07. The van der Waals surface area contributed by atoms with Crippen molar-refractivity contribution in [2.45, 2.75) is 32.2 Å². The number of nitrogen functional groups attached to an aromatic ring is 1. The van der Waals surface area contributed by atoms with Gasteiger partial charge in [0.15, 0.2) is 6.10 Å². The van der Waals surface area contributed by atoms with E-state index in [1.807, 2.05) is 0 Å². The van der Waals surface area contributed by atoms with Crippen molar-refractivity contribution >= 4 is 28.9 Å². The fourth-order valence-electron chi connectivity index (χ4n) is 1.33. The summed E-state index contributed by atoms with van der Waals surface area (Å²) < 4.78 is 41.6. The standard InChI is InChI=1S/C12H14ClF3N2O2/c1-6(20-7(2)12(14,15)16)11(19)18-10-4-3-8(13)5-9(10)17/h3-7H,17H2,1-2H3,(H,18,19). The van der Waals surface area contributed by atoms with Gasteiger partial charge < -0.3 is 15.8 Å². The van der Waals surface area contributed by atoms with Crippen LogP contribution in [0.25, 0.3) is 0 Å². The van der Waals surface area contributed by atoms with Gasteiger partial charge in [0.05, 0.1) is 11.4 Å². The molecule has 0 aliphatic heterocycles. The molecule has 0 aliphatic carbocycles. The maximum absolute atomic E-state index is 12.3. The Kier molecular flexibility index (Phi) is 5.24. The number of carbonyl (C=O) groups excluding carboxylic acids is 1. The number of alkyl halides is 3. The number of benzene rings is 1. The van der Waals surface area contributed by atoms with E-state index in [4.69, 9.17) is 17.3 Å². The lowest BCUT2D eigenvalue weighted by Crippen LogP contribution is -2.37. The number of ether oxygens (including phenoxy) is 1. The highest BCUT2D eigenvalue weighted by atomic mass is 35.5. The Morgan fingerprint density at radius 1 is 1.40 bits per heavy atom. The Bertz CT molecular complexity index is 494. The average Bonchev–Trinajstić information content (AvgIpc) is 2.31. The van der Waals surface area contributed by atoms with E-state index in [-0.39, 0.29) is 11.4 Å². The van der Waals surface area contributed by atoms with Crippen molar-refractivity contribution in [1.29, 1.82) is 0 Å². The molecule has 0 saturated heterocycles. The Morgan fingerprint density at radius 2 is 2.00 bits per heavy atom. The van der Waals surface area contributed by atoms with Gasteiger partial charge in [0, 0.05) is 5.02 Å². The van der Waals surface area contributed by atoms with Crippen LogP contribution < -0.4 is 11.1 Å². The number of amides is 1. The van der Waals surface area contributed by atoms with Crippen LogP contribution in [0.3, 0.4) is 0 Å². The summed E-state index contributed by atoms with van der Waals surface area (Å²) in [5.41, 5.74) is 6.09. The molecule has 1 aromatic carbocycles. The molecule has 0 saturated carbocycles. The normalized spacial score (nSPS) is 14.7. The van der Waals surface area contributed by atoms with Gasteiger partial charge in [0.2, 0.25) is 0 Å². The Morgan fingerprint density at radius 3 is 2.50 bits per heavy atom. The molecule has 0 bridgehead atoms. The number of carbonyl (C=O) groups is 1. The summed E-state index contributed by atoms with van der Waals surface area (Å²) in [6, 6.07) is 4.37. The van der Waals surface area contributed by atoms with E-state index in [2.05, 4.69) is 10.1 Å². The monoisotopic (exact) mass is 310 g/mol. The van der Waals surface area contributed by atoms with Crippen LogP contribution in [-0.4, -0.2) is 24.3 Å². The minimum atomic E-state index is -4.52. The van der Waals surface area contributed by atoms with Crippen LogP contribution in [0.2, 0.25) is 5.02 Å². The van der Waals surface area contributed by atoms with Gasteiger partial charge in [-0.1, -0.05) is 11.6 Å². The number of anilines is 2. The molecule has 0 fully saturated rings. The maximum Gasteiger partial charge on any atom is 0.414 e. The highest BCUT2D eigenvalue weighted by molar-refractivity contribution is 6.31. The summed E-state index contributed by atoms with van der Waals surface area (Å²) in [6.07, 6.45) is -7.83. The minimum Gasteiger partial charge on any atom is -0.397 e. The minimum absolute atomic E-state index is 0.210. The van der Waals surface area contributed by atoms with Gasteiger partial charge in [0.1, 0.15) is 6.10 Å². The second kappa shape index (κ2) is 6.32. The molecule has 0 heterocycles. The molecule has 3 N–H and O–H groups in total. The third-order valence-corrected chi connectivity index (χ3v) is 2.75. The molecule has 4 nitrogen and oxygen atoms in total. The molecule has 0 aliphatic rings. The Balaban J connectivity index is 2.66. The molecular weight excluding hydrogens is 297 g/mol. The SMILES string of the molecule is CC(OC(C)C(F)(F)F)C(=O)Nc1ccc(Cl)cc1N. The number of nitrogens with one attached hydrogen (secondary N) is 1. The van der Waals surface area contributed by atoms with Gasteiger partial charge in [-0.05, 0) is 32.0 Å². The van der Waals surface area contributed by atoms with Crippen LogP contribution in [-0.2, 0) is 9.53 Å². The van der Waals surface area contributed by atoms with E-state index < -0.39 is 24.3 Å². The summed E-state index contributed by atoms with van der Waals surface area (Å²) in [6.45, 7) is 2.06. The third-order valence-electron chi connectivity index (χ3n) is 2.51. The molecule has 0 radical (unpaired) electrons. The zero-order valence-electron chi connectivity index (χ0n) is 10.8. The largest absolute Gasteiger partial charge is 0.414 e. The van der Waals surface area contributed by atoms with Crippen LogP contribution in [0.5, 0.6) is 0 Å². The van der Waals surface area contributed by atoms with Crippen LogP contribution in [0.1, 0.15) is 13.8 Å². The predicted octanol–water partition coefficient (Wildman–Crippen LogP) is 3.22. The first-order valence-electron chi connectivity index (χ1n) is 5.69. The topological polar surface area (TPSA) is 64.3 Å². The Hall–Kier alpha value is -1.47. The van der Waals surface area contributed by atoms with Crippen LogP contribution in [0.15, 0.2) is 18.2 Å². The fourth-order valence-corrected chi connectivity index (χ4v) is 1.51. The van der Waals surface area contributed by atoms with Crippen molar-refractivity contribution in [2.24, 2.45) is 0 Å². The lowest BCUT2D eigenvalue weighted by atomic mass is 10.2. The summed E-state index contributed by atoms with van der Waals surface area (Å²) in [5.74, 6) is -0.727. The van der Waals surface area contributed by atoms with Crippen molar-refractivity contribution in [3.8, 4) is 0 Å². The summed E-state index contributed by atoms with van der Waals surface area (Å²) in [7, 11) is 0. The molecule has 1 amide bonds. The van der Waals surface area contributed by atoms with E-state index in [1.54, 1.807) is 0 Å². The van der Waals surface area contributed by atoms with Crippen LogP contribution in [0.4, 0.5) is 24.5 Å². The van der Waals surface area contributed by atoms with E-state index in [0.717, 1.165) is 6.92 Å². The number of hydrogen-bond donors (Lipinski definition) is 2. The quantitative estimate of drug-likeness (QED) is 0.839. The molecule has 112 valence electrons.